The minimum Gasteiger partial charge on any atom is -0.456 e. The van der Waals surface area contributed by atoms with Gasteiger partial charge in [-0.3, -0.25) is 0 Å². The summed E-state index contributed by atoms with van der Waals surface area (Å²) in [5.74, 6) is 1.69. The lowest BCUT2D eigenvalue weighted by atomic mass is 9.98. The number of aromatic nitrogens is 4. The Hall–Kier alpha value is -8.87. The summed E-state index contributed by atoms with van der Waals surface area (Å²) < 4.78 is 15.7. The number of fused-ring (bicyclic) bond motifs is 12. The van der Waals surface area contributed by atoms with Crippen LogP contribution in [0.2, 0.25) is 0 Å². The van der Waals surface area contributed by atoms with Crippen molar-refractivity contribution in [2.24, 2.45) is 0 Å². The molecule has 0 aliphatic rings. The van der Waals surface area contributed by atoms with E-state index in [1.54, 1.807) is 0 Å². The van der Waals surface area contributed by atoms with Gasteiger partial charge >= 0.3 is 0 Å². The van der Waals surface area contributed by atoms with Crippen LogP contribution in [-0.4, -0.2) is 19.5 Å². The Balaban J connectivity index is 1.04. The molecular formula is C59H34N4O2. The lowest BCUT2D eigenvalue weighted by molar-refractivity contribution is 0.668. The predicted molar refractivity (Wildman–Crippen MR) is 265 cm³/mol. The van der Waals surface area contributed by atoms with E-state index in [9.17, 15) is 0 Å². The van der Waals surface area contributed by atoms with E-state index in [1.807, 2.05) is 66.7 Å². The molecule has 4 heterocycles. The Morgan fingerprint density at radius 1 is 0.308 bits per heavy atom. The minimum atomic E-state index is 0.554. The number of hydrogen-bond donors (Lipinski definition) is 0. The van der Waals surface area contributed by atoms with E-state index >= 15 is 0 Å². The average molecular weight is 831 g/mol. The summed E-state index contributed by atoms with van der Waals surface area (Å²) in [6.07, 6.45) is 0. The lowest BCUT2D eigenvalue weighted by Gasteiger charge is -2.15. The van der Waals surface area contributed by atoms with Gasteiger partial charge in [0, 0.05) is 60.6 Å². The van der Waals surface area contributed by atoms with Gasteiger partial charge in [-0.15, -0.1) is 0 Å². The third kappa shape index (κ3) is 5.51. The van der Waals surface area contributed by atoms with E-state index in [0.29, 0.717) is 17.5 Å². The molecular weight excluding hydrogens is 797 g/mol. The maximum atomic E-state index is 6.92. The van der Waals surface area contributed by atoms with Gasteiger partial charge in [0.05, 0.1) is 16.7 Å². The molecule has 0 fully saturated rings. The first-order chi connectivity index (χ1) is 32.2. The summed E-state index contributed by atoms with van der Waals surface area (Å²) in [4.78, 5) is 15.5. The zero-order valence-corrected chi connectivity index (χ0v) is 34.7. The SMILES string of the molecule is c1ccc(-c2nc(-c3ccc4c(c3)oc3ccccc34)nc(-c3cccc4oc5cc(-n6c7cc8ccccc8cc7c7c8ccccc8ccc76)c(-c6ccccc6)cc5c34)n2)cc1. The van der Waals surface area contributed by atoms with E-state index in [4.69, 9.17) is 23.8 Å². The molecule has 6 nitrogen and oxygen atoms in total. The second-order valence-corrected chi connectivity index (χ2v) is 16.7. The molecule has 0 unspecified atom stereocenters. The molecule has 0 spiro atoms. The van der Waals surface area contributed by atoms with Crippen LogP contribution in [0.4, 0.5) is 0 Å². The van der Waals surface area contributed by atoms with Crippen LogP contribution in [0.3, 0.4) is 0 Å². The van der Waals surface area contributed by atoms with Crippen LogP contribution < -0.4 is 0 Å². The van der Waals surface area contributed by atoms with Crippen LogP contribution in [0.5, 0.6) is 0 Å². The van der Waals surface area contributed by atoms with Gasteiger partial charge in [-0.2, -0.15) is 0 Å². The maximum absolute atomic E-state index is 6.92. The lowest BCUT2D eigenvalue weighted by Crippen LogP contribution is -2.00. The van der Waals surface area contributed by atoms with Gasteiger partial charge in [-0.05, 0) is 75.6 Å². The first-order valence-corrected chi connectivity index (χ1v) is 21.8. The van der Waals surface area contributed by atoms with E-state index in [1.165, 1.54) is 32.3 Å². The molecule has 4 aromatic heterocycles. The van der Waals surface area contributed by atoms with Crippen molar-refractivity contribution < 1.29 is 8.83 Å². The number of benzene rings is 10. The second kappa shape index (κ2) is 13.8. The van der Waals surface area contributed by atoms with Crippen molar-refractivity contribution in [2.45, 2.75) is 0 Å². The third-order valence-electron chi connectivity index (χ3n) is 13.0. The van der Waals surface area contributed by atoms with Crippen LogP contribution in [-0.2, 0) is 0 Å². The van der Waals surface area contributed by atoms with Gasteiger partial charge in [0.15, 0.2) is 17.5 Å². The molecule has 65 heavy (non-hydrogen) atoms. The predicted octanol–water partition coefficient (Wildman–Crippen LogP) is 15.7. The molecule has 0 aliphatic carbocycles. The Kier molecular flexibility index (Phi) is 7.59. The zero-order chi connectivity index (χ0) is 42.6. The van der Waals surface area contributed by atoms with Gasteiger partial charge in [0.25, 0.3) is 0 Å². The fourth-order valence-corrected chi connectivity index (χ4v) is 10.0. The normalized spacial score (nSPS) is 12.0. The second-order valence-electron chi connectivity index (χ2n) is 16.7. The Labute approximate surface area is 371 Å². The smallest absolute Gasteiger partial charge is 0.164 e. The van der Waals surface area contributed by atoms with Crippen molar-refractivity contribution in [3.63, 3.8) is 0 Å². The fraction of sp³-hybridized carbons (Fsp3) is 0. The minimum absolute atomic E-state index is 0.554. The number of rotatable bonds is 5. The highest BCUT2D eigenvalue weighted by Crippen LogP contribution is 2.45. The van der Waals surface area contributed by atoms with Gasteiger partial charge in [-0.1, -0.05) is 152 Å². The molecule has 0 radical (unpaired) electrons. The van der Waals surface area contributed by atoms with Crippen molar-refractivity contribution in [1.82, 2.24) is 19.5 Å². The fourth-order valence-electron chi connectivity index (χ4n) is 10.0. The van der Waals surface area contributed by atoms with Gasteiger partial charge < -0.3 is 13.4 Å². The number of nitrogens with zero attached hydrogens (tertiary/aromatic N) is 4. The Morgan fingerprint density at radius 3 is 1.77 bits per heavy atom. The van der Waals surface area contributed by atoms with Crippen molar-refractivity contribution >= 4 is 87.2 Å². The highest BCUT2D eigenvalue weighted by molar-refractivity contribution is 6.24. The van der Waals surface area contributed by atoms with E-state index in [0.717, 1.165) is 88.4 Å². The molecule has 6 heteroatoms. The first-order valence-electron chi connectivity index (χ1n) is 21.8. The average Bonchev–Trinajstić information content (AvgIpc) is 4.04. The van der Waals surface area contributed by atoms with Crippen LogP contribution in [0.15, 0.2) is 215 Å². The van der Waals surface area contributed by atoms with Crippen molar-refractivity contribution in [3.05, 3.63) is 206 Å². The summed E-state index contributed by atoms with van der Waals surface area (Å²) in [5.41, 5.74) is 11.2. The Morgan fingerprint density at radius 2 is 0.938 bits per heavy atom. The number of para-hydroxylation sites is 1. The third-order valence-corrected chi connectivity index (χ3v) is 13.0. The zero-order valence-electron chi connectivity index (χ0n) is 34.7. The summed E-state index contributed by atoms with van der Waals surface area (Å²) in [5, 5.41) is 11.3. The molecule has 14 rings (SSSR count). The van der Waals surface area contributed by atoms with Crippen LogP contribution in [0.25, 0.3) is 138 Å². The van der Waals surface area contributed by atoms with Gasteiger partial charge in [0.2, 0.25) is 0 Å². The monoisotopic (exact) mass is 830 g/mol. The molecule has 0 N–H and O–H groups in total. The van der Waals surface area contributed by atoms with Crippen molar-refractivity contribution in [1.29, 1.82) is 0 Å². The van der Waals surface area contributed by atoms with Gasteiger partial charge in [0.1, 0.15) is 22.3 Å². The first kappa shape index (κ1) is 35.7. The summed E-state index contributed by atoms with van der Waals surface area (Å²) in [6, 6.07) is 72.2. The number of furan rings is 2. The highest BCUT2D eigenvalue weighted by Gasteiger charge is 2.23. The molecule has 0 atom stereocenters. The molecule has 10 aromatic carbocycles. The molecule has 0 aliphatic heterocycles. The summed E-state index contributed by atoms with van der Waals surface area (Å²) in [7, 11) is 0. The van der Waals surface area contributed by atoms with Crippen LogP contribution in [0.1, 0.15) is 0 Å². The van der Waals surface area contributed by atoms with Gasteiger partial charge in [-0.25, -0.2) is 15.0 Å². The molecule has 0 bridgehead atoms. The maximum Gasteiger partial charge on any atom is 0.164 e. The largest absolute Gasteiger partial charge is 0.456 e. The van der Waals surface area contributed by atoms with E-state index in [-0.39, 0.29) is 0 Å². The topological polar surface area (TPSA) is 69.9 Å². The molecule has 302 valence electrons. The van der Waals surface area contributed by atoms with Crippen LogP contribution in [0, 0.1) is 0 Å². The standard InChI is InChI=1S/C59H34N4O2/c1-3-14-35(15-4-1)45-33-47-54(34-50(45)63-48-29-27-36-16-9-10-21-41(36)55(48)46-30-38-19-7-8-20-39(38)31-49(46)63)65-52-25-13-23-44(56(47)52)59-61-57(37-17-5-2-6-18-37)60-58(62-59)40-26-28-43-42-22-11-12-24-51(42)64-53(43)32-40/h1-34H. The molecule has 0 saturated heterocycles. The van der Waals surface area contributed by atoms with Crippen molar-refractivity contribution in [2.75, 3.05) is 0 Å². The summed E-state index contributed by atoms with van der Waals surface area (Å²) in [6.45, 7) is 0. The molecule has 0 saturated carbocycles. The number of hydrogen-bond acceptors (Lipinski definition) is 5. The quantitative estimate of drug-likeness (QED) is 0.173. The van der Waals surface area contributed by atoms with Crippen molar-refractivity contribution in [3.8, 4) is 51.0 Å². The highest BCUT2D eigenvalue weighted by atomic mass is 16.3. The van der Waals surface area contributed by atoms with Crippen LogP contribution >= 0.6 is 0 Å². The molecule has 0 amide bonds. The Bertz CT molecular complexity index is 4240. The molecule has 14 aromatic rings. The van der Waals surface area contributed by atoms with E-state index < -0.39 is 0 Å². The summed E-state index contributed by atoms with van der Waals surface area (Å²) >= 11 is 0. The van der Waals surface area contributed by atoms with E-state index in [2.05, 4.69) is 144 Å².